The Morgan fingerprint density at radius 2 is 1.20 bits per heavy atom. The van der Waals surface area contributed by atoms with Crippen LogP contribution < -0.4 is 18.9 Å². The van der Waals surface area contributed by atoms with Gasteiger partial charge in [0.25, 0.3) is 0 Å². The van der Waals surface area contributed by atoms with E-state index in [1.807, 2.05) is 42.5 Å². The largest absolute Gasteiger partial charge is 0.497 e. The van der Waals surface area contributed by atoms with Crippen LogP contribution in [-0.2, 0) is 13.1 Å². The van der Waals surface area contributed by atoms with Gasteiger partial charge in [-0.15, -0.1) is 24.0 Å². The minimum Gasteiger partial charge on any atom is -0.497 e. The molecule has 0 saturated heterocycles. The molecule has 6 nitrogen and oxygen atoms in total. The molecule has 0 spiro atoms. The molecule has 3 aromatic rings. The number of hydrogen-bond acceptors (Lipinski definition) is 6. The van der Waals surface area contributed by atoms with Gasteiger partial charge in [-0.3, -0.25) is 0 Å². The van der Waals surface area contributed by atoms with Gasteiger partial charge in [0.05, 0.1) is 28.4 Å². The van der Waals surface area contributed by atoms with Crippen molar-refractivity contribution < 1.29 is 18.9 Å². The Labute approximate surface area is 229 Å². The maximum absolute atomic E-state index is 5.57. The number of aliphatic imine (C=N–C) groups is 1. The normalized spacial score (nSPS) is 10.8. The maximum Gasteiger partial charge on any atom is 0.165 e. The van der Waals surface area contributed by atoms with Gasteiger partial charge in [-0.2, -0.15) is 0 Å². The molecule has 188 valence electrons. The van der Waals surface area contributed by atoms with E-state index in [2.05, 4.69) is 36.1 Å². The summed E-state index contributed by atoms with van der Waals surface area (Å²) in [6.07, 6.45) is 0. The third-order valence-corrected chi connectivity index (χ3v) is 6.11. The molecule has 0 atom stereocenters. The molecular formula is C27H33IN2O4S. The third kappa shape index (κ3) is 8.24. The highest BCUT2D eigenvalue weighted by atomic mass is 127. The van der Waals surface area contributed by atoms with Gasteiger partial charge >= 0.3 is 0 Å². The van der Waals surface area contributed by atoms with Crippen molar-refractivity contribution in [2.24, 2.45) is 4.99 Å². The lowest BCUT2D eigenvalue weighted by atomic mass is 10.1. The Bertz CT molecular complexity index is 1030. The van der Waals surface area contributed by atoms with Crippen molar-refractivity contribution in [3.8, 4) is 23.0 Å². The summed E-state index contributed by atoms with van der Waals surface area (Å²) in [5.41, 5.74) is 3.06. The molecule has 0 saturated carbocycles. The molecule has 0 unspecified atom stereocenters. The lowest BCUT2D eigenvalue weighted by Crippen LogP contribution is -2.28. The van der Waals surface area contributed by atoms with Crippen LogP contribution in [-0.4, -0.2) is 44.3 Å². The molecule has 0 aliphatic rings. The lowest BCUT2D eigenvalue weighted by Gasteiger charge is -2.26. The monoisotopic (exact) mass is 608 g/mol. The van der Waals surface area contributed by atoms with Gasteiger partial charge in [-0.05, 0) is 53.3 Å². The second-order valence-corrected chi connectivity index (χ2v) is 8.65. The molecular weight excluding hydrogens is 575 g/mol. The molecule has 0 aliphatic carbocycles. The van der Waals surface area contributed by atoms with E-state index < -0.39 is 0 Å². The molecule has 0 amide bonds. The second kappa shape index (κ2) is 14.7. The molecule has 0 fully saturated rings. The molecule has 0 bridgehead atoms. The van der Waals surface area contributed by atoms with Crippen molar-refractivity contribution >= 4 is 46.6 Å². The second-order valence-electron chi connectivity index (χ2n) is 7.42. The average Bonchev–Trinajstić information content (AvgIpc) is 2.88. The zero-order chi connectivity index (χ0) is 24.3. The highest BCUT2D eigenvalue weighted by Crippen LogP contribution is 2.33. The molecule has 3 rings (SSSR count). The van der Waals surface area contributed by atoms with Crippen molar-refractivity contribution in [2.45, 2.75) is 20.0 Å². The van der Waals surface area contributed by atoms with Crippen LogP contribution in [0.25, 0.3) is 0 Å². The van der Waals surface area contributed by atoms with Gasteiger partial charge in [0.1, 0.15) is 28.7 Å². The molecule has 8 heteroatoms. The van der Waals surface area contributed by atoms with E-state index >= 15 is 0 Å². The standard InChI is InChI=1S/C27H32N2O4S.HI/c1-6-34-27(28-25-17-24(32-4)15-16-26(25)33-5)29(18-20-7-11-22(30-2)12-8-20)19-21-9-13-23(31-3)14-10-21;/h7-17H,6,18-19H2,1-5H3;1H. The highest BCUT2D eigenvalue weighted by molar-refractivity contribution is 14.0. The van der Waals surface area contributed by atoms with E-state index in [9.17, 15) is 0 Å². The summed E-state index contributed by atoms with van der Waals surface area (Å²) in [5, 5.41) is 0.903. The highest BCUT2D eigenvalue weighted by Gasteiger charge is 2.16. The summed E-state index contributed by atoms with van der Waals surface area (Å²) in [4.78, 5) is 7.31. The van der Waals surface area contributed by atoms with Gasteiger partial charge < -0.3 is 23.8 Å². The molecule has 0 heterocycles. The number of halogens is 1. The Hall–Kier alpha value is -2.59. The molecule has 0 aromatic heterocycles. The molecule has 35 heavy (non-hydrogen) atoms. The first-order valence-corrected chi connectivity index (χ1v) is 12.0. The van der Waals surface area contributed by atoms with Crippen molar-refractivity contribution in [3.05, 3.63) is 77.9 Å². The molecule has 0 N–H and O–H groups in total. The first kappa shape index (κ1) is 28.6. The predicted octanol–water partition coefficient (Wildman–Crippen LogP) is 6.78. The lowest BCUT2D eigenvalue weighted by molar-refractivity contribution is 0.401. The third-order valence-electron chi connectivity index (χ3n) is 5.21. The first-order chi connectivity index (χ1) is 16.6. The summed E-state index contributed by atoms with van der Waals surface area (Å²) in [6.45, 7) is 3.50. The van der Waals surface area contributed by atoms with Crippen LogP contribution in [0, 0.1) is 0 Å². The molecule has 3 aromatic carbocycles. The fraction of sp³-hybridized carbons (Fsp3) is 0.296. The van der Waals surface area contributed by atoms with E-state index in [1.54, 1.807) is 40.2 Å². The minimum atomic E-state index is 0. The van der Waals surface area contributed by atoms with Crippen LogP contribution in [0.4, 0.5) is 5.69 Å². The van der Waals surface area contributed by atoms with Gasteiger partial charge in [-0.1, -0.05) is 43.0 Å². The van der Waals surface area contributed by atoms with Gasteiger partial charge in [0, 0.05) is 19.2 Å². The topological polar surface area (TPSA) is 52.5 Å². The van der Waals surface area contributed by atoms with Gasteiger partial charge in [0.15, 0.2) is 5.17 Å². The smallest absolute Gasteiger partial charge is 0.165 e. The quantitative estimate of drug-likeness (QED) is 0.144. The van der Waals surface area contributed by atoms with Crippen LogP contribution in [0.3, 0.4) is 0 Å². The number of ether oxygens (including phenoxy) is 4. The average molecular weight is 609 g/mol. The predicted molar refractivity (Wildman–Crippen MR) is 155 cm³/mol. The van der Waals surface area contributed by atoms with Crippen LogP contribution in [0.5, 0.6) is 23.0 Å². The van der Waals surface area contributed by atoms with Crippen molar-refractivity contribution in [2.75, 3.05) is 34.2 Å². The number of methoxy groups -OCH3 is 4. The minimum absolute atomic E-state index is 0. The van der Waals surface area contributed by atoms with E-state index in [-0.39, 0.29) is 24.0 Å². The van der Waals surface area contributed by atoms with Crippen molar-refractivity contribution in [1.29, 1.82) is 0 Å². The zero-order valence-corrected chi connectivity index (χ0v) is 24.0. The summed E-state index contributed by atoms with van der Waals surface area (Å²) in [5.74, 6) is 3.99. The fourth-order valence-electron chi connectivity index (χ4n) is 3.40. The number of thioether (sulfide) groups is 1. The Kier molecular flexibility index (Phi) is 12.1. The van der Waals surface area contributed by atoms with E-state index in [0.717, 1.165) is 45.0 Å². The summed E-state index contributed by atoms with van der Waals surface area (Å²) in [6, 6.07) is 21.9. The summed E-state index contributed by atoms with van der Waals surface area (Å²) >= 11 is 1.70. The SMILES string of the molecule is CCSC(=Nc1cc(OC)ccc1OC)N(Cc1ccc(OC)cc1)Cc1ccc(OC)cc1.I. The molecule has 0 aliphatic heterocycles. The zero-order valence-electron chi connectivity index (χ0n) is 20.8. The number of benzene rings is 3. The van der Waals surface area contributed by atoms with E-state index in [4.69, 9.17) is 23.9 Å². The summed E-state index contributed by atoms with van der Waals surface area (Å²) in [7, 11) is 6.65. The van der Waals surface area contributed by atoms with Crippen LogP contribution in [0.15, 0.2) is 71.7 Å². The Balaban J connectivity index is 0.00000432. The van der Waals surface area contributed by atoms with Crippen LogP contribution >= 0.6 is 35.7 Å². The number of nitrogens with zero attached hydrogens (tertiary/aromatic N) is 2. The number of amidine groups is 1. The molecule has 0 radical (unpaired) electrons. The number of hydrogen-bond donors (Lipinski definition) is 0. The summed E-state index contributed by atoms with van der Waals surface area (Å²) < 4.78 is 21.6. The van der Waals surface area contributed by atoms with Crippen molar-refractivity contribution in [3.63, 3.8) is 0 Å². The maximum atomic E-state index is 5.57. The van der Waals surface area contributed by atoms with Crippen LogP contribution in [0.2, 0.25) is 0 Å². The first-order valence-electron chi connectivity index (χ1n) is 11.0. The van der Waals surface area contributed by atoms with Gasteiger partial charge in [0.2, 0.25) is 0 Å². The Morgan fingerprint density at radius 1 is 0.714 bits per heavy atom. The number of rotatable bonds is 10. The van der Waals surface area contributed by atoms with E-state index in [1.165, 1.54) is 0 Å². The fourth-order valence-corrected chi connectivity index (χ4v) is 4.14. The van der Waals surface area contributed by atoms with Gasteiger partial charge in [-0.25, -0.2) is 4.99 Å². The van der Waals surface area contributed by atoms with Crippen molar-refractivity contribution in [1.82, 2.24) is 4.90 Å². The van der Waals surface area contributed by atoms with E-state index in [0.29, 0.717) is 18.8 Å². The Morgan fingerprint density at radius 3 is 1.63 bits per heavy atom. The van der Waals surface area contributed by atoms with Crippen LogP contribution in [0.1, 0.15) is 18.1 Å².